The molecule has 0 aliphatic carbocycles. The first kappa shape index (κ1) is 16.3. The Kier molecular flexibility index (Phi) is 6.92. The zero-order valence-electron chi connectivity index (χ0n) is 10.3. The molecule has 0 atom stereocenters. The van der Waals surface area contributed by atoms with E-state index in [1.807, 2.05) is 0 Å². The fraction of sp³-hybridized carbons (Fsp3) is 0.500. The Bertz CT molecular complexity index is 329. The Balaban J connectivity index is 4.51. The van der Waals surface area contributed by atoms with Crippen molar-refractivity contribution < 1.29 is 29.3 Å². The fourth-order valence-electron chi connectivity index (χ4n) is 0.899. The van der Waals surface area contributed by atoms with E-state index in [1.54, 1.807) is 0 Å². The molecule has 0 aromatic carbocycles. The lowest BCUT2D eigenvalue weighted by Crippen LogP contribution is -2.41. The molecule has 0 aliphatic heterocycles. The number of aliphatic hydroxyl groups is 2. The number of hydrogen-bond acceptors (Lipinski definition) is 6. The molecule has 0 aliphatic rings. The maximum Gasteiger partial charge on any atom is 0.333 e. The maximum absolute atomic E-state index is 11.2. The van der Waals surface area contributed by atoms with Crippen molar-refractivity contribution in [2.24, 2.45) is 5.41 Å². The summed E-state index contributed by atoms with van der Waals surface area (Å²) < 4.78 is 9.58. The summed E-state index contributed by atoms with van der Waals surface area (Å²) >= 11 is 0. The smallest absolute Gasteiger partial charge is 0.333 e. The van der Waals surface area contributed by atoms with Crippen molar-refractivity contribution in [1.29, 1.82) is 0 Å². The normalized spacial score (nSPS) is 10.6. The average Bonchev–Trinajstić information content (AvgIpc) is 2.38. The van der Waals surface area contributed by atoms with Gasteiger partial charge >= 0.3 is 11.9 Å². The first-order chi connectivity index (χ1) is 8.40. The van der Waals surface area contributed by atoms with Gasteiger partial charge in [0.05, 0.1) is 18.6 Å². The van der Waals surface area contributed by atoms with Crippen molar-refractivity contribution in [3.05, 3.63) is 24.8 Å². The van der Waals surface area contributed by atoms with E-state index in [-0.39, 0.29) is 18.8 Å². The third-order valence-corrected chi connectivity index (χ3v) is 2.22. The van der Waals surface area contributed by atoms with Crippen molar-refractivity contribution in [1.82, 2.24) is 0 Å². The topological polar surface area (TPSA) is 93.1 Å². The molecule has 0 saturated heterocycles. The molecule has 18 heavy (non-hydrogen) atoms. The summed E-state index contributed by atoms with van der Waals surface area (Å²) in [5.74, 6) is -1.33. The van der Waals surface area contributed by atoms with Crippen LogP contribution < -0.4 is 0 Å². The van der Waals surface area contributed by atoms with E-state index in [0.29, 0.717) is 0 Å². The summed E-state index contributed by atoms with van der Waals surface area (Å²) in [6, 6.07) is 0. The molecular formula is C12H18O6. The molecule has 0 radical (unpaired) electrons. The largest absolute Gasteiger partial charge is 0.462 e. The molecule has 0 spiro atoms. The second kappa shape index (κ2) is 7.62. The second-order valence-electron chi connectivity index (χ2n) is 3.98. The lowest BCUT2D eigenvalue weighted by Gasteiger charge is -2.28. The van der Waals surface area contributed by atoms with Crippen molar-refractivity contribution in [2.45, 2.75) is 6.92 Å². The number of rotatable bonds is 8. The Morgan fingerprint density at radius 1 is 1.22 bits per heavy atom. The quantitative estimate of drug-likeness (QED) is 0.463. The highest BCUT2D eigenvalue weighted by molar-refractivity contribution is 5.86. The molecule has 0 aromatic heterocycles. The Hall–Kier alpha value is -1.66. The van der Waals surface area contributed by atoms with Crippen molar-refractivity contribution >= 4 is 11.9 Å². The van der Waals surface area contributed by atoms with Crippen LogP contribution in [0.15, 0.2) is 24.8 Å². The molecule has 0 aromatic rings. The van der Waals surface area contributed by atoms with Crippen molar-refractivity contribution in [3.8, 4) is 0 Å². The van der Waals surface area contributed by atoms with Gasteiger partial charge in [-0.25, -0.2) is 9.59 Å². The van der Waals surface area contributed by atoms with Crippen LogP contribution in [0.1, 0.15) is 6.92 Å². The van der Waals surface area contributed by atoms with Crippen LogP contribution in [0, 0.1) is 5.41 Å². The highest BCUT2D eigenvalue weighted by Crippen LogP contribution is 2.18. The van der Waals surface area contributed by atoms with Gasteiger partial charge in [0, 0.05) is 11.6 Å². The first-order valence-electron chi connectivity index (χ1n) is 5.24. The molecule has 6 nitrogen and oxygen atoms in total. The number of esters is 2. The first-order valence-corrected chi connectivity index (χ1v) is 5.24. The lowest BCUT2D eigenvalue weighted by molar-refractivity contribution is -0.153. The van der Waals surface area contributed by atoms with Gasteiger partial charge in [-0.3, -0.25) is 0 Å². The zero-order chi connectivity index (χ0) is 14.2. The Morgan fingerprint density at radius 2 is 1.72 bits per heavy atom. The van der Waals surface area contributed by atoms with Crippen LogP contribution in [0.5, 0.6) is 0 Å². The van der Waals surface area contributed by atoms with Gasteiger partial charge in [-0.2, -0.15) is 0 Å². The van der Waals surface area contributed by atoms with Crippen molar-refractivity contribution in [3.63, 3.8) is 0 Å². The second-order valence-corrected chi connectivity index (χ2v) is 3.98. The molecule has 0 bridgehead atoms. The molecule has 6 heteroatoms. The zero-order valence-corrected chi connectivity index (χ0v) is 10.3. The third kappa shape index (κ3) is 5.11. The number of hydrogen-bond donors (Lipinski definition) is 2. The van der Waals surface area contributed by atoms with Crippen LogP contribution in [0.2, 0.25) is 0 Å². The van der Waals surface area contributed by atoms with E-state index in [2.05, 4.69) is 13.2 Å². The predicted molar refractivity (Wildman–Crippen MR) is 63.5 cm³/mol. The number of carbonyl (C=O) groups is 2. The summed E-state index contributed by atoms with van der Waals surface area (Å²) in [4.78, 5) is 22.1. The summed E-state index contributed by atoms with van der Waals surface area (Å²) in [6.45, 7) is 6.51. The SMILES string of the molecule is C=CC(=O)OCC(CO)(CO)COC(=O)C(=C)C. The average molecular weight is 258 g/mol. The minimum Gasteiger partial charge on any atom is -0.462 e. The maximum atomic E-state index is 11.2. The van der Waals surface area contributed by atoms with Gasteiger partial charge in [0.15, 0.2) is 0 Å². The highest BCUT2D eigenvalue weighted by Gasteiger charge is 2.32. The van der Waals surface area contributed by atoms with E-state index in [1.165, 1.54) is 6.92 Å². The molecule has 0 heterocycles. The minimum atomic E-state index is -1.23. The molecule has 0 amide bonds. The van der Waals surface area contributed by atoms with Crippen LogP contribution in [0.4, 0.5) is 0 Å². The standard InChI is InChI=1S/C12H18O6/c1-4-10(15)17-7-12(5-13,6-14)8-18-11(16)9(2)3/h4,13-14H,1-2,5-8H2,3H3. The van der Waals surface area contributed by atoms with E-state index in [0.717, 1.165) is 6.08 Å². The highest BCUT2D eigenvalue weighted by atomic mass is 16.5. The Labute approximate surface area is 106 Å². The Morgan fingerprint density at radius 3 is 2.11 bits per heavy atom. The molecule has 0 unspecified atom stereocenters. The molecule has 0 fully saturated rings. The van der Waals surface area contributed by atoms with Gasteiger partial charge < -0.3 is 19.7 Å². The monoisotopic (exact) mass is 258 g/mol. The molecule has 2 N–H and O–H groups in total. The van der Waals surface area contributed by atoms with Crippen LogP contribution in [0.25, 0.3) is 0 Å². The molecule has 0 saturated carbocycles. The third-order valence-electron chi connectivity index (χ3n) is 2.22. The summed E-state index contributed by atoms with van der Waals surface area (Å²) in [7, 11) is 0. The number of ether oxygens (including phenoxy) is 2. The predicted octanol–water partition coefficient (Wildman–Crippen LogP) is -0.194. The van der Waals surface area contributed by atoms with Crippen LogP contribution in [-0.2, 0) is 19.1 Å². The van der Waals surface area contributed by atoms with E-state index < -0.39 is 30.6 Å². The van der Waals surface area contributed by atoms with Crippen LogP contribution in [-0.4, -0.2) is 48.6 Å². The van der Waals surface area contributed by atoms with Crippen LogP contribution >= 0.6 is 0 Å². The fourth-order valence-corrected chi connectivity index (χ4v) is 0.899. The van der Waals surface area contributed by atoms with Gasteiger partial charge in [-0.1, -0.05) is 13.2 Å². The summed E-state index contributed by atoms with van der Waals surface area (Å²) in [6.07, 6.45) is 0.958. The molecule has 0 rings (SSSR count). The van der Waals surface area contributed by atoms with E-state index in [9.17, 15) is 19.8 Å². The van der Waals surface area contributed by atoms with Gasteiger partial charge in [-0.05, 0) is 6.92 Å². The lowest BCUT2D eigenvalue weighted by atomic mass is 9.92. The molecular weight excluding hydrogens is 240 g/mol. The van der Waals surface area contributed by atoms with E-state index >= 15 is 0 Å². The van der Waals surface area contributed by atoms with Crippen molar-refractivity contribution in [2.75, 3.05) is 26.4 Å². The minimum absolute atomic E-state index is 0.197. The summed E-state index contributed by atoms with van der Waals surface area (Å²) in [5, 5.41) is 18.4. The van der Waals surface area contributed by atoms with Gasteiger partial charge in [0.2, 0.25) is 0 Å². The van der Waals surface area contributed by atoms with E-state index in [4.69, 9.17) is 9.47 Å². The van der Waals surface area contributed by atoms with Gasteiger partial charge in [-0.15, -0.1) is 0 Å². The van der Waals surface area contributed by atoms with Gasteiger partial charge in [0.25, 0.3) is 0 Å². The van der Waals surface area contributed by atoms with Gasteiger partial charge in [0.1, 0.15) is 13.2 Å². The number of carbonyl (C=O) groups excluding carboxylic acids is 2. The molecule has 102 valence electrons. The summed E-state index contributed by atoms with van der Waals surface area (Å²) in [5.41, 5.74) is -1.04. The van der Waals surface area contributed by atoms with Crippen LogP contribution in [0.3, 0.4) is 0 Å². The number of aliphatic hydroxyl groups excluding tert-OH is 2.